The highest BCUT2D eigenvalue weighted by atomic mass is 35.5. The van der Waals surface area contributed by atoms with E-state index in [4.69, 9.17) is 11.6 Å². The van der Waals surface area contributed by atoms with Gasteiger partial charge in [-0.3, -0.25) is 9.79 Å². The van der Waals surface area contributed by atoms with Crippen molar-refractivity contribution in [2.24, 2.45) is 4.99 Å². The van der Waals surface area contributed by atoms with E-state index in [1.54, 1.807) is 0 Å². The number of benzene rings is 2. The van der Waals surface area contributed by atoms with Gasteiger partial charge in [0, 0.05) is 22.8 Å². The Hall–Kier alpha value is -2.13. The number of halogens is 1. The van der Waals surface area contributed by atoms with Gasteiger partial charge in [-0.15, -0.1) is 0 Å². The summed E-state index contributed by atoms with van der Waals surface area (Å²) in [7, 11) is 0. The van der Waals surface area contributed by atoms with Gasteiger partial charge in [0.2, 0.25) is 0 Å². The molecule has 3 nitrogen and oxygen atoms in total. The van der Waals surface area contributed by atoms with Crippen LogP contribution in [0, 0.1) is 0 Å². The minimum absolute atomic E-state index is 0.0625. The molecule has 0 spiro atoms. The average Bonchev–Trinajstić information content (AvgIpc) is 3.14. The molecule has 0 saturated heterocycles. The molecule has 1 aliphatic heterocycles. The second-order valence-electron chi connectivity index (χ2n) is 6.50. The number of rotatable bonds is 6. The molecule has 1 heterocycles. The SMILES string of the molecule is CC(NC(=O)c1cccc(CCC2=NCCC2)c1)c1cccc(Cl)c1. The zero-order valence-corrected chi connectivity index (χ0v) is 15.2. The van der Waals surface area contributed by atoms with E-state index in [1.165, 1.54) is 17.7 Å². The minimum Gasteiger partial charge on any atom is -0.346 e. The normalized spacial score (nSPS) is 14.9. The fourth-order valence-electron chi connectivity index (χ4n) is 3.10. The van der Waals surface area contributed by atoms with Crippen LogP contribution in [0.1, 0.15) is 53.7 Å². The van der Waals surface area contributed by atoms with E-state index >= 15 is 0 Å². The van der Waals surface area contributed by atoms with E-state index in [0.29, 0.717) is 10.6 Å². The Labute approximate surface area is 154 Å². The van der Waals surface area contributed by atoms with Gasteiger partial charge >= 0.3 is 0 Å². The molecule has 25 heavy (non-hydrogen) atoms. The van der Waals surface area contributed by atoms with Crippen LogP contribution in [-0.2, 0) is 6.42 Å². The number of amides is 1. The molecule has 1 aliphatic rings. The molecule has 130 valence electrons. The Morgan fingerprint density at radius 3 is 2.80 bits per heavy atom. The molecule has 1 atom stereocenters. The molecule has 0 saturated carbocycles. The number of carbonyl (C=O) groups is 1. The summed E-state index contributed by atoms with van der Waals surface area (Å²) in [6, 6.07) is 15.3. The van der Waals surface area contributed by atoms with Gasteiger partial charge in [-0.25, -0.2) is 0 Å². The maximum Gasteiger partial charge on any atom is 0.251 e. The van der Waals surface area contributed by atoms with E-state index in [0.717, 1.165) is 31.4 Å². The maximum absolute atomic E-state index is 12.6. The summed E-state index contributed by atoms with van der Waals surface area (Å²) >= 11 is 6.03. The van der Waals surface area contributed by atoms with Crippen LogP contribution < -0.4 is 5.32 Å². The summed E-state index contributed by atoms with van der Waals surface area (Å²) in [5, 5.41) is 3.72. The lowest BCUT2D eigenvalue weighted by atomic mass is 10.0. The molecule has 0 radical (unpaired) electrons. The smallest absolute Gasteiger partial charge is 0.251 e. The van der Waals surface area contributed by atoms with Crippen LogP contribution in [0.3, 0.4) is 0 Å². The van der Waals surface area contributed by atoms with Gasteiger partial charge in [0.25, 0.3) is 5.91 Å². The predicted molar refractivity (Wildman–Crippen MR) is 104 cm³/mol. The van der Waals surface area contributed by atoms with Crippen LogP contribution in [0.5, 0.6) is 0 Å². The second kappa shape index (κ2) is 8.30. The summed E-state index contributed by atoms with van der Waals surface area (Å²) in [5.41, 5.74) is 4.18. The number of aryl methyl sites for hydroxylation is 1. The fourth-order valence-corrected chi connectivity index (χ4v) is 3.30. The number of nitrogens with one attached hydrogen (secondary N) is 1. The molecule has 0 aliphatic carbocycles. The fraction of sp³-hybridized carbons (Fsp3) is 0.333. The highest BCUT2D eigenvalue weighted by molar-refractivity contribution is 6.30. The first-order valence-electron chi connectivity index (χ1n) is 8.79. The predicted octanol–water partition coefficient (Wildman–Crippen LogP) is 5.00. The molecular formula is C21H23ClN2O. The monoisotopic (exact) mass is 354 g/mol. The highest BCUT2D eigenvalue weighted by Gasteiger charge is 2.13. The Morgan fingerprint density at radius 1 is 1.20 bits per heavy atom. The van der Waals surface area contributed by atoms with Crippen LogP contribution in [-0.4, -0.2) is 18.2 Å². The van der Waals surface area contributed by atoms with Crippen molar-refractivity contribution < 1.29 is 4.79 Å². The van der Waals surface area contributed by atoms with E-state index in [2.05, 4.69) is 16.4 Å². The molecular weight excluding hydrogens is 332 g/mol. The molecule has 1 unspecified atom stereocenters. The molecule has 4 heteroatoms. The van der Waals surface area contributed by atoms with Gasteiger partial charge in [-0.05, 0) is 68.0 Å². The van der Waals surface area contributed by atoms with Crippen molar-refractivity contribution in [3.05, 3.63) is 70.2 Å². The van der Waals surface area contributed by atoms with Crippen molar-refractivity contribution >= 4 is 23.2 Å². The van der Waals surface area contributed by atoms with E-state index < -0.39 is 0 Å². The number of hydrogen-bond acceptors (Lipinski definition) is 2. The summed E-state index contributed by atoms with van der Waals surface area (Å²) in [4.78, 5) is 17.1. The summed E-state index contributed by atoms with van der Waals surface area (Å²) in [6.07, 6.45) is 4.23. The van der Waals surface area contributed by atoms with Crippen LogP contribution in [0.2, 0.25) is 5.02 Å². The molecule has 2 aromatic carbocycles. The van der Waals surface area contributed by atoms with Gasteiger partial charge < -0.3 is 5.32 Å². The van der Waals surface area contributed by atoms with Crippen molar-refractivity contribution in [1.82, 2.24) is 5.32 Å². The molecule has 0 bridgehead atoms. The Bertz CT molecular complexity index is 785. The van der Waals surface area contributed by atoms with Crippen LogP contribution in [0.15, 0.2) is 53.5 Å². The quantitative estimate of drug-likeness (QED) is 0.779. The largest absolute Gasteiger partial charge is 0.346 e. The first-order chi connectivity index (χ1) is 12.1. The molecule has 0 aromatic heterocycles. The Morgan fingerprint density at radius 2 is 2.04 bits per heavy atom. The topological polar surface area (TPSA) is 41.5 Å². The summed E-state index contributed by atoms with van der Waals surface area (Å²) in [6.45, 7) is 2.94. The highest BCUT2D eigenvalue weighted by Crippen LogP contribution is 2.18. The first kappa shape index (κ1) is 17.7. The molecule has 0 fully saturated rings. The van der Waals surface area contributed by atoms with Crippen molar-refractivity contribution in [3.8, 4) is 0 Å². The van der Waals surface area contributed by atoms with Crippen molar-refractivity contribution in [3.63, 3.8) is 0 Å². The lowest BCUT2D eigenvalue weighted by Gasteiger charge is -2.15. The van der Waals surface area contributed by atoms with Gasteiger partial charge in [0.1, 0.15) is 0 Å². The number of aliphatic imine (C=N–C) groups is 1. The lowest BCUT2D eigenvalue weighted by molar-refractivity contribution is 0.0940. The third-order valence-electron chi connectivity index (χ3n) is 4.55. The van der Waals surface area contributed by atoms with Crippen LogP contribution in [0.25, 0.3) is 0 Å². The number of carbonyl (C=O) groups excluding carboxylic acids is 1. The molecule has 1 amide bonds. The summed E-state index contributed by atoms with van der Waals surface area (Å²) < 4.78 is 0. The van der Waals surface area contributed by atoms with Gasteiger partial charge in [-0.1, -0.05) is 35.9 Å². The Balaban J connectivity index is 1.62. The zero-order chi connectivity index (χ0) is 17.6. The van der Waals surface area contributed by atoms with E-state index in [9.17, 15) is 4.79 Å². The third-order valence-corrected chi connectivity index (χ3v) is 4.78. The number of nitrogens with zero attached hydrogens (tertiary/aromatic N) is 1. The number of hydrogen-bond donors (Lipinski definition) is 1. The average molecular weight is 355 g/mol. The lowest BCUT2D eigenvalue weighted by Crippen LogP contribution is -2.26. The maximum atomic E-state index is 12.6. The molecule has 1 N–H and O–H groups in total. The third kappa shape index (κ3) is 4.93. The van der Waals surface area contributed by atoms with E-state index in [-0.39, 0.29) is 11.9 Å². The van der Waals surface area contributed by atoms with E-state index in [1.807, 2.05) is 49.4 Å². The van der Waals surface area contributed by atoms with Gasteiger partial charge in [0.15, 0.2) is 0 Å². The summed E-state index contributed by atoms with van der Waals surface area (Å²) in [5.74, 6) is -0.0625. The van der Waals surface area contributed by atoms with Crippen molar-refractivity contribution in [1.29, 1.82) is 0 Å². The zero-order valence-electron chi connectivity index (χ0n) is 14.5. The van der Waals surface area contributed by atoms with Gasteiger partial charge in [0.05, 0.1) is 6.04 Å². The Kier molecular flexibility index (Phi) is 5.87. The first-order valence-corrected chi connectivity index (χ1v) is 9.17. The van der Waals surface area contributed by atoms with Crippen molar-refractivity contribution in [2.75, 3.05) is 6.54 Å². The standard InChI is InChI=1S/C21H23ClN2O/c1-15(17-6-3-8-19(22)14-17)24-21(25)18-7-2-5-16(13-18)10-11-20-9-4-12-23-20/h2-3,5-8,13-15H,4,9-12H2,1H3,(H,24,25). The molecule has 2 aromatic rings. The minimum atomic E-state index is -0.0947. The second-order valence-corrected chi connectivity index (χ2v) is 6.94. The van der Waals surface area contributed by atoms with Crippen LogP contribution in [0.4, 0.5) is 0 Å². The van der Waals surface area contributed by atoms with Crippen LogP contribution >= 0.6 is 11.6 Å². The van der Waals surface area contributed by atoms with Crippen molar-refractivity contribution in [2.45, 2.75) is 38.6 Å². The molecule has 3 rings (SSSR count). The van der Waals surface area contributed by atoms with Gasteiger partial charge in [-0.2, -0.15) is 0 Å².